The van der Waals surface area contributed by atoms with E-state index in [-0.39, 0.29) is 11.2 Å². The predicted molar refractivity (Wildman–Crippen MR) is 211 cm³/mol. The molecule has 0 aliphatic heterocycles. The Morgan fingerprint density at radius 1 is 0.712 bits per heavy atom. The minimum absolute atomic E-state index is 0.0511. The van der Waals surface area contributed by atoms with Crippen LogP contribution in [0.4, 0.5) is 5.69 Å². The van der Waals surface area contributed by atoms with Crippen LogP contribution < -0.4 is 0 Å². The summed E-state index contributed by atoms with van der Waals surface area (Å²) in [6.07, 6.45) is 1.81. The van der Waals surface area contributed by atoms with E-state index < -0.39 is 5.41 Å². The normalized spacial score (nSPS) is 11.7. The van der Waals surface area contributed by atoms with Crippen LogP contribution >= 0.6 is 0 Å². The monoisotopic (exact) mass is 677 g/mol. The van der Waals surface area contributed by atoms with E-state index in [2.05, 4.69) is 60.9 Å². The number of fused-ring (bicyclic) bond motifs is 1. The Morgan fingerprint density at radius 2 is 1.40 bits per heavy atom. The van der Waals surface area contributed by atoms with E-state index in [1.807, 2.05) is 106 Å². The van der Waals surface area contributed by atoms with Gasteiger partial charge in [0.05, 0.1) is 40.5 Å². The lowest BCUT2D eigenvalue weighted by atomic mass is 9.77. The molecule has 0 fully saturated rings. The van der Waals surface area contributed by atoms with Crippen molar-refractivity contribution in [2.45, 2.75) is 52.4 Å². The number of aromatic nitrogens is 3. The van der Waals surface area contributed by atoms with Gasteiger partial charge < -0.3 is 10.1 Å². The molecule has 0 amide bonds. The van der Waals surface area contributed by atoms with Gasteiger partial charge in [-0.2, -0.15) is 5.26 Å². The van der Waals surface area contributed by atoms with Gasteiger partial charge in [-0.05, 0) is 69.0 Å². The first-order chi connectivity index (χ1) is 24.9. The molecule has 0 radical (unpaired) electrons. The number of aromatic amines is 1. The molecule has 7 aromatic rings. The molecule has 0 spiro atoms. The molecule has 0 bridgehead atoms. The van der Waals surface area contributed by atoms with Crippen molar-refractivity contribution in [2.75, 3.05) is 0 Å². The number of aromatic hydroxyl groups is 1. The summed E-state index contributed by atoms with van der Waals surface area (Å²) < 4.78 is 0. The number of rotatable bonds is 5. The van der Waals surface area contributed by atoms with Crippen LogP contribution in [0, 0.1) is 17.9 Å². The van der Waals surface area contributed by atoms with Crippen molar-refractivity contribution in [3.8, 4) is 67.8 Å². The van der Waals surface area contributed by atoms with E-state index in [1.54, 1.807) is 6.20 Å². The van der Waals surface area contributed by atoms with Crippen molar-refractivity contribution in [1.82, 2.24) is 15.0 Å². The summed E-state index contributed by atoms with van der Waals surface area (Å²) in [5.74, 6) is 0.554. The number of hydrogen-bond acceptors (Lipinski definition) is 4. The molecule has 0 aliphatic carbocycles. The first-order valence-electron chi connectivity index (χ1n) is 17.3. The summed E-state index contributed by atoms with van der Waals surface area (Å²) in [5, 5.41) is 22.5. The lowest BCUT2D eigenvalue weighted by molar-refractivity contribution is 0.448. The standard InChI is InChI=1S/C46H39N5O/c1-45(2,3)36-26-35(43(52)40(42(36)48-7)46(4,5)6)44-50-37-20-14-19-33(41(37)51-44)34-24-31(23-32(27-47)39(34)29-17-12-9-13-18-29)38-25-30(21-22-49-38)28-15-10-8-11-16-28/h8-26,52H,1-6H3,(H,50,51). The lowest BCUT2D eigenvalue weighted by Crippen LogP contribution is -2.17. The highest BCUT2D eigenvalue weighted by molar-refractivity contribution is 6.01. The number of imidazole rings is 1. The Balaban J connectivity index is 1.49. The SMILES string of the molecule is [C-]#[N+]c1c(C(C)(C)C)cc(-c2nc3cccc(-c4cc(-c5cc(-c6ccccc6)ccn5)cc(C#N)c4-c4ccccc4)c3[nH]2)c(O)c1C(C)(C)C. The van der Waals surface area contributed by atoms with Gasteiger partial charge in [-0.3, -0.25) is 4.98 Å². The van der Waals surface area contributed by atoms with E-state index in [0.29, 0.717) is 33.7 Å². The summed E-state index contributed by atoms with van der Waals surface area (Å²) >= 11 is 0. The number of benzene rings is 5. The third-order valence-electron chi connectivity index (χ3n) is 9.49. The highest BCUT2D eigenvalue weighted by Gasteiger charge is 2.32. The minimum Gasteiger partial charge on any atom is -0.508 e. The number of pyridine rings is 1. The zero-order valence-electron chi connectivity index (χ0n) is 30.2. The first kappa shape index (κ1) is 34.0. The molecule has 2 aromatic heterocycles. The van der Waals surface area contributed by atoms with Gasteiger partial charge in [0.1, 0.15) is 11.6 Å². The quantitative estimate of drug-likeness (QED) is 0.177. The van der Waals surface area contributed by atoms with Crippen LogP contribution in [0.3, 0.4) is 0 Å². The number of para-hydroxylation sites is 1. The van der Waals surface area contributed by atoms with Crippen LogP contribution in [0.25, 0.3) is 71.9 Å². The fourth-order valence-electron chi connectivity index (χ4n) is 7.03. The maximum atomic E-state index is 11.9. The molecule has 6 nitrogen and oxygen atoms in total. The maximum absolute atomic E-state index is 11.9. The maximum Gasteiger partial charge on any atom is 0.198 e. The van der Waals surface area contributed by atoms with E-state index in [9.17, 15) is 10.4 Å². The van der Waals surface area contributed by atoms with Gasteiger partial charge in [0.25, 0.3) is 0 Å². The van der Waals surface area contributed by atoms with Crippen molar-refractivity contribution < 1.29 is 5.11 Å². The Bertz CT molecular complexity index is 2560. The molecule has 0 unspecified atom stereocenters. The third-order valence-corrected chi connectivity index (χ3v) is 9.49. The fourth-order valence-corrected chi connectivity index (χ4v) is 7.03. The number of phenols is 1. The van der Waals surface area contributed by atoms with Gasteiger partial charge in [-0.25, -0.2) is 9.83 Å². The zero-order valence-corrected chi connectivity index (χ0v) is 30.2. The minimum atomic E-state index is -0.498. The molecule has 2 heterocycles. The van der Waals surface area contributed by atoms with Gasteiger partial charge in [0, 0.05) is 28.5 Å². The van der Waals surface area contributed by atoms with Gasteiger partial charge in [0.15, 0.2) is 5.69 Å². The van der Waals surface area contributed by atoms with Crippen LogP contribution in [0.15, 0.2) is 115 Å². The van der Waals surface area contributed by atoms with Crippen molar-refractivity contribution in [3.05, 3.63) is 143 Å². The van der Waals surface area contributed by atoms with Crippen LogP contribution in [-0.2, 0) is 10.8 Å². The van der Waals surface area contributed by atoms with Crippen LogP contribution in [-0.4, -0.2) is 20.1 Å². The summed E-state index contributed by atoms with van der Waals surface area (Å²) in [5.41, 5.74) is 10.8. The molecular weight excluding hydrogens is 639 g/mol. The van der Waals surface area contributed by atoms with E-state index in [0.717, 1.165) is 55.7 Å². The van der Waals surface area contributed by atoms with Crippen molar-refractivity contribution in [1.29, 1.82) is 5.26 Å². The molecule has 0 saturated heterocycles. The molecule has 2 N–H and O–H groups in total. The first-order valence-corrected chi connectivity index (χ1v) is 17.3. The molecule has 0 saturated carbocycles. The highest BCUT2D eigenvalue weighted by Crippen LogP contribution is 2.49. The second-order valence-electron chi connectivity index (χ2n) is 15.2. The molecule has 0 atom stereocenters. The van der Waals surface area contributed by atoms with Gasteiger partial charge in [-0.15, -0.1) is 0 Å². The average molecular weight is 678 g/mol. The predicted octanol–water partition coefficient (Wildman–Crippen LogP) is 12.0. The Hall–Kier alpha value is -6.50. The van der Waals surface area contributed by atoms with Crippen molar-refractivity contribution >= 4 is 16.7 Å². The lowest BCUT2D eigenvalue weighted by Gasteiger charge is -2.29. The van der Waals surface area contributed by atoms with E-state index in [4.69, 9.17) is 16.5 Å². The molecule has 0 aliphatic rings. The van der Waals surface area contributed by atoms with E-state index >= 15 is 0 Å². The number of hydrogen-bond donors (Lipinski definition) is 2. The molecule has 6 heteroatoms. The number of nitrogens with one attached hydrogen (secondary N) is 1. The zero-order chi connectivity index (χ0) is 36.8. The molecule has 7 rings (SSSR count). The largest absolute Gasteiger partial charge is 0.508 e. The van der Waals surface area contributed by atoms with Gasteiger partial charge in [-0.1, -0.05) is 120 Å². The van der Waals surface area contributed by atoms with Crippen LogP contribution in [0.5, 0.6) is 5.75 Å². The molecule has 5 aromatic carbocycles. The van der Waals surface area contributed by atoms with Gasteiger partial charge >= 0.3 is 0 Å². The number of phenolic OH excluding ortho intramolecular Hbond substituents is 1. The van der Waals surface area contributed by atoms with E-state index in [1.165, 1.54) is 0 Å². The number of nitriles is 1. The molecule has 52 heavy (non-hydrogen) atoms. The number of nitrogens with zero attached hydrogens (tertiary/aromatic N) is 4. The van der Waals surface area contributed by atoms with Crippen LogP contribution in [0.2, 0.25) is 0 Å². The Kier molecular flexibility index (Phi) is 8.49. The highest BCUT2D eigenvalue weighted by atomic mass is 16.3. The summed E-state index contributed by atoms with van der Waals surface area (Å²) in [4.78, 5) is 17.3. The summed E-state index contributed by atoms with van der Waals surface area (Å²) in [7, 11) is 0. The summed E-state index contributed by atoms with van der Waals surface area (Å²) in [6, 6.07) is 38.5. The second-order valence-corrected chi connectivity index (χ2v) is 15.2. The number of H-pyrrole nitrogens is 1. The van der Waals surface area contributed by atoms with Crippen molar-refractivity contribution in [3.63, 3.8) is 0 Å². The van der Waals surface area contributed by atoms with Crippen LogP contribution in [0.1, 0.15) is 58.2 Å². The Labute approximate surface area is 304 Å². The summed E-state index contributed by atoms with van der Waals surface area (Å²) in [6.45, 7) is 20.4. The topological polar surface area (TPSA) is 90.0 Å². The molecular formula is C46H39N5O. The Morgan fingerprint density at radius 3 is 2.04 bits per heavy atom. The van der Waals surface area contributed by atoms with Crippen molar-refractivity contribution in [2.24, 2.45) is 0 Å². The fraction of sp³-hybridized carbons (Fsp3) is 0.174. The second kappa shape index (κ2) is 13.0. The average Bonchev–Trinajstić information content (AvgIpc) is 3.58. The van der Waals surface area contributed by atoms with Gasteiger partial charge in [0.2, 0.25) is 0 Å². The molecule has 254 valence electrons. The third kappa shape index (κ3) is 6.10. The smallest absolute Gasteiger partial charge is 0.198 e.